The van der Waals surface area contributed by atoms with Crippen molar-refractivity contribution < 1.29 is 9.47 Å². The second-order valence-electron chi connectivity index (χ2n) is 5.39. The number of hydrogen-bond acceptors (Lipinski definition) is 3. The highest BCUT2D eigenvalue weighted by Crippen LogP contribution is 2.36. The van der Waals surface area contributed by atoms with Gasteiger partial charge in [-0.1, -0.05) is 11.6 Å². The van der Waals surface area contributed by atoms with Crippen molar-refractivity contribution >= 4 is 27.5 Å². The maximum atomic E-state index is 5.64. The van der Waals surface area contributed by atoms with Gasteiger partial charge in [0.2, 0.25) is 0 Å². The van der Waals surface area contributed by atoms with Crippen LogP contribution in [0.1, 0.15) is 26.3 Å². The van der Waals surface area contributed by atoms with Gasteiger partial charge in [0.15, 0.2) is 11.5 Å². The van der Waals surface area contributed by atoms with E-state index in [0.29, 0.717) is 18.1 Å². The van der Waals surface area contributed by atoms with Gasteiger partial charge in [-0.05, 0) is 60.5 Å². The normalized spacial score (nSPS) is 11.9. The molecular weight excluding hydrogens is 342 g/mol. The Hall–Kier alpha value is -0.710. The summed E-state index contributed by atoms with van der Waals surface area (Å²) < 4.78 is 11.9. The van der Waals surface area contributed by atoms with Crippen molar-refractivity contribution in [3.8, 4) is 11.5 Å². The second-order valence-corrected chi connectivity index (χ2v) is 6.49. The minimum absolute atomic E-state index is 0.0695. The summed E-state index contributed by atoms with van der Waals surface area (Å²) in [5.41, 5.74) is 2.63. The van der Waals surface area contributed by atoms with Crippen LogP contribution in [0.25, 0.3) is 0 Å². The summed E-state index contributed by atoms with van der Waals surface area (Å²) in [4.78, 5) is 0. The quantitative estimate of drug-likeness (QED) is 0.809. The highest BCUT2D eigenvalue weighted by atomic mass is 79.9. The Balaban J connectivity index is 2.89. The average Bonchev–Trinajstić information content (AvgIpc) is 2.37. The maximum absolute atomic E-state index is 5.64. The van der Waals surface area contributed by atoms with Crippen molar-refractivity contribution in [3.63, 3.8) is 0 Å². The summed E-state index contributed by atoms with van der Waals surface area (Å²) in [5, 5.41) is 3.44. The first kappa shape index (κ1) is 17.3. The van der Waals surface area contributed by atoms with E-state index in [-0.39, 0.29) is 5.54 Å². The van der Waals surface area contributed by atoms with E-state index < -0.39 is 0 Å². The molecule has 5 heteroatoms. The minimum atomic E-state index is 0.0695. The predicted molar refractivity (Wildman–Crippen MR) is 87.8 cm³/mol. The van der Waals surface area contributed by atoms with E-state index in [1.807, 2.05) is 12.1 Å². The van der Waals surface area contributed by atoms with Crippen LogP contribution in [-0.2, 0) is 6.54 Å². The van der Waals surface area contributed by atoms with Gasteiger partial charge in [-0.25, -0.2) is 0 Å². The molecule has 0 amide bonds. The van der Waals surface area contributed by atoms with E-state index >= 15 is 0 Å². The summed E-state index contributed by atoms with van der Waals surface area (Å²) in [5.74, 6) is 1.38. The zero-order valence-electron chi connectivity index (χ0n) is 12.3. The molecule has 0 aliphatic carbocycles. The lowest BCUT2D eigenvalue weighted by molar-refractivity contribution is 0.323. The van der Waals surface area contributed by atoms with Gasteiger partial charge in [-0.15, -0.1) is 0 Å². The smallest absolute Gasteiger partial charge is 0.175 e. The van der Waals surface area contributed by atoms with Crippen molar-refractivity contribution in [3.05, 3.63) is 33.8 Å². The van der Waals surface area contributed by atoms with E-state index in [2.05, 4.69) is 42.0 Å². The molecule has 0 heterocycles. The van der Waals surface area contributed by atoms with E-state index in [1.165, 1.54) is 5.54 Å². The van der Waals surface area contributed by atoms with Crippen LogP contribution in [-0.4, -0.2) is 19.3 Å². The number of rotatable bonds is 6. The lowest BCUT2D eigenvalue weighted by Crippen LogP contribution is -2.35. The molecule has 0 saturated heterocycles. The molecule has 1 aromatic carbocycles. The number of hydrogen-bond donors (Lipinski definition) is 1. The average molecular weight is 363 g/mol. The van der Waals surface area contributed by atoms with Crippen LogP contribution in [0.4, 0.5) is 0 Å². The van der Waals surface area contributed by atoms with Gasteiger partial charge in [-0.3, -0.25) is 0 Å². The monoisotopic (exact) mass is 361 g/mol. The van der Waals surface area contributed by atoms with Gasteiger partial charge >= 0.3 is 0 Å². The lowest BCUT2D eigenvalue weighted by atomic mass is 10.1. The van der Waals surface area contributed by atoms with Gasteiger partial charge in [0.1, 0.15) is 6.61 Å². The topological polar surface area (TPSA) is 30.5 Å². The zero-order chi connectivity index (χ0) is 15.2. The first-order chi connectivity index (χ1) is 9.37. The summed E-state index contributed by atoms with van der Waals surface area (Å²) in [6.07, 6.45) is 1.72. The van der Waals surface area contributed by atoms with E-state index in [0.717, 1.165) is 16.6 Å². The van der Waals surface area contributed by atoms with Gasteiger partial charge in [0.25, 0.3) is 0 Å². The van der Waals surface area contributed by atoms with Crippen molar-refractivity contribution in [1.29, 1.82) is 0 Å². The Morgan fingerprint density at radius 3 is 2.60 bits per heavy atom. The third kappa shape index (κ3) is 5.73. The highest BCUT2D eigenvalue weighted by molar-refractivity contribution is 9.10. The third-order valence-corrected chi connectivity index (χ3v) is 3.29. The molecule has 112 valence electrons. The summed E-state index contributed by atoms with van der Waals surface area (Å²) >= 11 is 9.00. The third-order valence-electron chi connectivity index (χ3n) is 2.53. The Labute approximate surface area is 134 Å². The number of methoxy groups -OCH3 is 1. The molecule has 0 aromatic heterocycles. The fourth-order valence-electron chi connectivity index (χ4n) is 1.55. The van der Waals surface area contributed by atoms with Crippen molar-refractivity contribution in [2.75, 3.05) is 13.7 Å². The van der Waals surface area contributed by atoms with Crippen molar-refractivity contribution in [1.82, 2.24) is 5.32 Å². The number of benzene rings is 1. The fourth-order valence-corrected chi connectivity index (χ4v) is 2.23. The Kier molecular flexibility index (Phi) is 6.86. The van der Waals surface area contributed by atoms with Crippen LogP contribution >= 0.6 is 27.5 Å². The molecule has 0 aliphatic rings. The Morgan fingerprint density at radius 1 is 1.35 bits per heavy atom. The molecule has 0 atom stereocenters. The van der Waals surface area contributed by atoms with Crippen LogP contribution in [0.15, 0.2) is 28.2 Å². The van der Waals surface area contributed by atoms with Crippen molar-refractivity contribution in [2.24, 2.45) is 0 Å². The second kappa shape index (κ2) is 7.91. The van der Waals surface area contributed by atoms with Crippen LogP contribution in [0.2, 0.25) is 0 Å². The summed E-state index contributed by atoms with van der Waals surface area (Å²) in [6.45, 7) is 7.57. The molecule has 0 radical (unpaired) electrons. The molecule has 0 aliphatic heterocycles. The van der Waals surface area contributed by atoms with E-state index in [4.69, 9.17) is 21.1 Å². The van der Waals surface area contributed by atoms with Gasteiger partial charge in [-0.2, -0.15) is 0 Å². The molecule has 1 N–H and O–H groups in total. The molecule has 3 nitrogen and oxygen atoms in total. The van der Waals surface area contributed by atoms with Crippen LogP contribution in [0.3, 0.4) is 0 Å². The molecule has 20 heavy (non-hydrogen) atoms. The summed E-state index contributed by atoms with van der Waals surface area (Å²) in [6, 6.07) is 4.00. The van der Waals surface area contributed by atoms with E-state index in [1.54, 1.807) is 13.2 Å². The molecule has 0 saturated carbocycles. The van der Waals surface area contributed by atoms with Gasteiger partial charge in [0.05, 0.1) is 11.6 Å². The summed E-state index contributed by atoms with van der Waals surface area (Å²) in [7, 11) is 1.63. The molecule has 1 aromatic rings. The Bertz CT molecular complexity index is 470. The van der Waals surface area contributed by atoms with Crippen LogP contribution in [0.5, 0.6) is 11.5 Å². The number of nitrogens with one attached hydrogen (secondary N) is 1. The maximum Gasteiger partial charge on any atom is 0.175 e. The highest BCUT2D eigenvalue weighted by Gasteiger charge is 2.13. The Morgan fingerprint density at radius 2 is 2.05 bits per heavy atom. The standard InChI is InChI=1S/C15H21BrClNO2/c1-15(2,3)18-10-11-8-12(16)14(13(9-11)19-4)20-7-5-6-17/h5-6,8-9,18H,7,10H2,1-4H3. The molecule has 0 fully saturated rings. The van der Waals surface area contributed by atoms with Crippen LogP contribution in [0, 0.1) is 0 Å². The molecule has 0 spiro atoms. The SMILES string of the molecule is COc1cc(CNC(C)(C)C)cc(Br)c1OCC=CCl. The predicted octanol–water partition coefficient (Wildman–Crippen LogP) is 4.48. The van der Waals surface area contributed by atoms with Crippen LogP contribution < -0.4 is 14.8 Å². The van der Waals surface area contributed by atoms with Crippen molar-refractivity contribution in [2.45, 2.75) is 32.9 Å². The largest absolute Gasteiger partial charge is 0.493 e. The molecule has 0 bridgehead atoms. The number of halogens is 2. The lowest BCUT2D eigenvalue weighted by Gasteiger charge is -2.21. The molecular formula is C15H21BrClNO2. The first-order valence-corrected chi connectivity index (χ1v) is 7.60. The van der Waals surface area contributed by atoms with Gasteiger partial charge in [0, 0.05) is 17.6 Å². The molecule has 0 unspecified atom stereocenters. The van der Waals surface area contributed by atoms with Gasteiger partial charge < -0.3 is 14.8 Å². The van der Waals surface area contributed by atoms with E-state index in [9.17, 15) is 0 Å². The first-order valence-electron chi connectivity index (χ1n) is 6.37. The minimum Gasteiger partial charge on any atom is -0.493 e. The molecule has 1 rings (SSSR count). The number of ether oxygens (including phenoxy) is 2. The zero-order valence-corrected chi connectivity index (χ0v) is 14.6. The fraction of sp³-hybridized carbons (Fsp3) is 0.467.